The number of ether oxygens (including phenoxy) is 1. The predicted molar refractivity (Wildman–Crippen MR) is 99.2 cm³/mol. The van der Waals surface area contributed by atoms with E-state index in [1.807, 2.05) is 4.90 Å². The SMILES string of the molecule is O=C(/C=C/c1ccc(O)cc1)c1ccc(OCC(=O)N2CCCC2)cc1. The number of likely N-dealkylation sites (tertiary alicyclic amines) is 1. The fourth-order valence-corrected chi connectivity index (χ4v) is 2.77. The quantitative estimate of drug-likeness (QED) is 0.641. The fourth-order valence-electron chi connectivity index (χ4n) is 2.77. The van der Waals surface area contributed by atoms with E-state index in [1.165, 1.54) is 6.08 Å². The van der Waals surface area contributed by atoms with Gasteiger partial charge in [0.25, 0.3) is 5.91 Å². The molecule has 2 aromatic carbocycles. The molecule has 5 heteroatoms. The van der Waals surface area contributed by atoms with Crippen LogP contribution in [0.25, 0.3) is 6.08 Å². The Morgan fingerprint density at radius 3 is 2.31 bits per heavy atom. The minimum absolute atomic E-state index is 0.000478. The van der Waals surface area contributed by atoms with Gasteiger partial charge in [0.1, 0.15) is 11.5 Å². The number of phenolic OH excluding ortho intramolecular Hbond substituents is 1. The molecule has 0 spiro atoms. The number of aromatic hydroxyl groups is 1. The standard InChI is InChI=1S/C21H21NO4/c23-18-8-3-16(4-9-18)5-12-20(24)17-6-10-19(11-7-17)26-15-21(25)22-13-1-2-14-22/h3-12,23H,1-2,13-15H2/b12-5+. The summed E-state index contributed by atoms with van der Waals surface area (Å²) in [6, 6.07) is 13.3. The van der Waals surface area contributed by atoms with Crippen LogP contribution in [0.3, 0.4) is 0 Å². The molecule has 0 unspecified atom stereocenters. The molecule has 1 aliphatic heterocycles. The van der Waals surface area contributed by atoms with Gasteiger partial charge in [-0.2, -0.15) is 0 Å². The molecule has 5 nitrogen and oxygen atoms in total. The molecule has 1 fully saturated rings. The summed E-state index contributed by atoms with van der Waals surface area (Å²) < 4.78 is 5.51. The van der Waals surface area contributed by atoms with Gasteiger partial charge in [0.15, 0.2) is 12.4 Å². The van der Waals surface area contributed by atoms with Crippen molar-refractivity contribution in [1.82, 2.24) is 4.90 Å². The minimum atomic E-state index is -0.127. The third kappa shape index (κ3) is 4.72. The Balaban J connectivity index is 1.53. The largest absolute Gasteiger partial charge is 0.508 e. The van der Waals surface area contributed by atoms with Crippen LogP contribution < -0.4 is 4.74 Å². The maximum absolute atomic E-state index is 12.2. The Kier molecular flexibility index (Phi) is 5.69. The summed E-state index contributed by atoms with van der Waals surface area (Å²) in [5.74, 6) is 0.626. The van der Waals surface area contributed by atoms with Crippen molar-refractivity contribution in [2.24, 2.45) is 0 Å². The number of carbonyl (C=O) groups is 2. The van der Waals surface area contributed by atoms with Crippen molar-refractivity contribution in [2.45, 2.75) is 12.8 Å². The van der Waals surface area contributed by atoms with Gasteiger partial charge in [-0.25, -0.2) is 0 Å². The lowest BCUT2D eigenvalue weighted by Crippen LogP contribution is -2.32. The lowest BCUT2D eigenvalue weighted by atomic mass is 10.1. The van der Waals surface area contributed by atoms with Crippen LogP contribution >= 0.6 is 0 Å². The second kappa shape index (κ2) is 8.34. The predicted octanol–water partition coefficient (Wildman–Crippen LogP) is 3.29. The maximum Gasteiger partial charge on any atom is 0.260 e. The van der Waals surface area contributed by atoms with Gasteiger partial charge in [0.2, 0.25) is 0 Å². The van der Waals surface area contributed by atoms with Crippen molar-refractivity contribution in [1.29, 1.82) is 0 Å². The average Bonchev–Trinajstić information content (AvgIpc) is 3.21. The smallest absolute Gasteiger partial charge is 0.260 e. The Labute approximate surface area is 152 Å². The lowest BCUT2D eigenvalue weighted by molar-refractivity contribution is -0.132. The van der Waals surface area contributed by atoms with Gasteiger partial charge < -0.3 is 14.7 Å². The highest BCUT2D eigenvalue weighted by Crippen LogP contribution is 2.15. The van der Waals surface area contributed by atoms with E-state index in [4.69, 9.17) is 4.74 Å². The molecule has 0 saturated carbocycles. The second-order valence-electron chi connectivity index (χ2n) is 6.19. The molecule has 0 bridgehead atoms. The zero-order valence-electron chi connectivity index (χ0n) is 14.4. The molecule has 0 aromatic heterocycles. The molecule has 134 valence electrons. The van der Waals surface area contributed by atoms with Gasteiger partial charge in [-0.05, 0) is 60.9 Å². The van der Waals surface area contributed by atoms with Gasteiger partial charge in [-0.1, -0.05) is 18.2 Å². The molecule has 1 heterocycles. The van der Waals surface area contributed by atoms with Crippen molar-refractivity contribution in [3.05, 3.63) is 65.7 Å². The molecule has 0 aliphatic carbocycles. The van der Waals surface area contributed by atoms with Crippen LogP contribution in [-0.2, 0) is 4.79 Å². The van der Waals surface area contributed by atoms with Gasteiger partial charge in [0.05, 0.1) is 0 Å². The van der Waals surface area contributed by atoms with Gasteiger partial charge in [0, 0.05) is 18.7 Å². The first-order valence-corrected chi connectivity index (χ1v) is 8.64. The lowest BCUT2D eigenvalue weighted by Gasteiger charge is -2.15. The highest BCUT2D eigenvalue weighted by Gasteiger charge is 2.18. The number of carbonyl (C=O) groups excluding carboxylic acids is 2. The molecule has 0 radical (unpaired) electrons. The maximum atomic E-state index is 12.2. The number of phenols is 1. The fraction of sp³-hybridized carbons (Fsp3) is 0.238. The molecule has 2 aromatic rings. The summed E-state index contributed by atoms with van der Waals surface area (Å²) in [4.78, 5) is 26.0. The molecule has 0 atom stereocenters. The molecule has 3 rings (SSSR count). The summed E-state index contributed by atoms with van der Waals surface area (Å²) >= 11 is 0. The first-order chi connectivity index (χ1) is 12.6. The molecule has 1 N–H and O–H groups in total. The van der Waals surface area contributed by atoms with E-state index < -0.39 is 0 Å². The summed E-state index contributed by atoms with van der Waals surface area (Å²) in [6.07, 6.45) is 5.29. The number of benzene rings is 2. The van der Waals surface area contributed by atoms with E-state index in [0.717, 1.165) is 31.5 Å². The van der Waals surface area contributed by atoms with Crippen LogP contribution in [0.15, 0.2) is 54.6 Å². The number of ketones is 1. The number of allylic oxidation sites excluding steroid dienone is 1. The number of amides is 1. The number of nitrogens with zero attached hydrogens (tertiary/aromatic N) is 1. The number of rotatable bonds is 6. The van der Waals surface area contributed by atoms with Crippen LogP contribution in [-0.4, -0.2) is 41.4 Å². The zero-order valence-corrected chi connectivity index (χ0v) is 14.4. The Hall–Kier alpha value is -3.08. The van der Waals surface area contributed by atoms with Gasteiger partial charge >= 0.3 is 0 Å². The monoisotopic (exact) mass is 351 g/mol. The van der Waals surface area contributed by atoms with Crippen molar-refractivity contribution in [3.63, 3.8) is 0 Å². The zero-order chi connectivity index (χ0) is 18.4. The normalized spacial score (nSPS) is 13.9. The first-order valence-electron chi connectivity index (χ1n) is 8.64. The molecular formula is C21H21NO4. The molecular weight excluding hydrogens is 330 g/mol. The van der Waals surface area contributed by atoms with E-state index in [-0.39, 0.29) is 24.0 Å². The summed E-state index contributed by atoms with van der Waals surface area (Å²) in [7, 11) is 0. The van der Waals surface area contributed by atoms with Crippen LogP contribution in [0.2, 0.25) is 0 Å². The first kappa shape index (κ1) is 17.7. The Morgan fingerprint density at radius 1 is 1.00 bits per heavy atom. The van der Waals surface area contributed by atoms with Crippen LogP contribution in [0.4, 0.5) is 0 Å². The van der Waals surface area contributed by atoms with E-state index in [0.29, 0.717) is 11.3 Å². The topological polar surface area (TPSA) is 66.8 Å². The molecule has 1 amide bonds. The van der Waals surface area contributed by atoms with Crippen molar-refractivity contribution in [2.75, 3.05) is 19.7 Å². The Morgan fingerprint density at radius 2 is 1.65 bits per heavy atom. The third-order valence-electron chi connectivity index (χ3n) is 4.28. The number of hydrogen-bond donors (Lipinski definition) is 1. The second-order valence-corrected chi connectivity index (χ2v) is 6.19. The van der Waals surface area contributed by atoms with E-state index >= 15 is 0 Å². The summed E-state index contributed by atoms with van der Waals surface area (Å²) in [5.41, 5.74) is 1.37. The number of hydrogen-bond acceptors (Lipinski definition) is 4. The van der Waals surface area contributed by atoms with Gasteiger partial charge in [-0.15, -0.1) is 0 Å². The van der Waals surface area contributed by atoms with E-state index in [9.17, 15) is 14.7 Å². The Bertz CT molecular complexity index is 788. The van der Waals surface area contributed by atoms with Crippen molar-refractivity contribution < 1.29 is 19.4 Å². The average molecular weight is 351 g/mol. The van der Waals surface area contributed by atoms with Crippen molar-refractivity contribution in [3.8, 4) is 11.5 Å². The highest BCUT2D eigenvalue weighted by atomic mass is 16.5. The minimum Gasteiger partial charge on any atom is -0.508 e. The molecule has 1 aliphatic rings. The van der Waals surface area contributed by atoms with Crippen molar-refractivity contribution >= 4 is 17.8 Å². The van der Waals surface area contributed by atoms with E-state index in [1.54, 1.807) is 54.6 Å². The van der Waals surface area contributed by atoms with Gasteiger partial charge in [-0.3, -0.25) is 9.59 Å². The summed E-state index contributed by atoms with van der Waals surface area (Å²) in [6.45, 7) is 1.64. The van der Waals surface area contributed by atoms with E-state index in [2.05, 4.69) is 0 Å². The van der Waals surface area contributed by atoms with Crippen LogP contribution in [0.1, 0.15) is 28.8 Å². The van der Waals surface area contributed by atoms with Crippen LogP contribution in [0, 0.1) is 0 Å². The van der Waals surface area contributed by atoms with Crippen LogP contribution in [0.5, 0.6) is 11.5 Å². The summed E-state index contributed by atoms with van der Waals surface area (Å²) in [5, 5.41) is 9.25. The highest BCUT2D eigenvalue weighted by molar-refractivity contribution is 6.06. The molecule has 1 saturated heterocycles. The molecule has 26 heavy (non-hydrogen) atoms. The third-order valence-corrected chi connectivity index (χ3v) is 4.28.